The van der Waals surface area contributed by atoms with Crippen LogP contribution in [-0.2, 0) is 12.8 Å². The fourth-order valence-electron chi connectivity index (χ4n) is 2.34. The number of anilines is 2. The molecule has 1 aromatic carbocycles. The first-order chi connectivity index (χ1) is 10.0. The second kappa shape index (κ2) is 5.23. The maximum absolute atomic E-state index is 12.1. The van der Waals surface area contributed by atoms with Crippen molar-refractivity contribution in [2.24, 2.45) is 0 Å². The van der Waals surface area contributed by atoms with E-state index in [4.69, 9.17) is 0 Å². The maximum atomic E-state index is 12.1. The first-order valence-corrected chi connectivity index (χ1v) is 6.47. The summed E-state index contributed by atoms with van der Waals surface area (Å²) in [5.41, 5.74) is 2.76. The topological polar surface area (TPSA) is 47.0 Å². The number of rotatable bonds is 3. The molecule has 0 unspecified atom stereocenters. The standard InChI is InChI=1S/C14H12F3N3O/c15-14(16,17)21-10-6-4-9(5-7-10)20-13-11-2-1-3-12(11)18-8-19-13/h4-8H,1-3H2,(H,18,19,20). The first kappa shape index (κ1) is 13.7. The SMILES string of the molecule is FC(F)(F)Oc1ccc(Nc2ncnc3c2CCC3)cc1. The van der Waals surface area contributed by atoms with Crippen molar-refractivity contribution in [2.45, 2.75) is 25.6 Å². The number of hydrogen-bond donors (Lipinski definition) is 1. The van der Waals surface area contributed by atoms with E-state index < -0.39 is 6.36 Å². The number of nitrogens with zero attached hydrogens (tertiary/aromatic N) is 2. The zero-order chi connectivity index (χ0) is 14.9. The lowest BCUT2D eigenvalue weighted by molar-refractivity contribution is -0.274. The third-order valence-electron chi connectivity index (χ3n) is 3.23. The summed E-state index contributed by atoms with van der Waals surface area (Å²) in [6.45, 7) is 0. The van der Waals surface area contributed by atoms with Gasteiger partial charge in [0, 0.05) is 16.9 Å². The molecule has 1 heterocycles. The van der Waals surface area contributed by atoms with Crippen molar-refractivity contribution in [1.82, 2.24) is 9.97 Å². The summed E-state index contributed by atoms with van der Waals surface area (Å²) in [6.07, 6.45) is -0.296. The van der Waals surface area contributed by atoms with Gasteiger partial charge in [0.1, 0.15) is 17.9 Å². The van der Waals surface area contributed by atoms with Crippen molar-refractivity contribution in [1.29, 1.82) is 0 Å². The zero-order valence-electron chi connectivity index (χ0n) is 10.9. The van der Waals surface area contributed by atoms with E-state index in [0.29, 0.717) is 11.5 Å². The van der Waals surface area contributed by atoms with Crippen LogP contribution >= 0.6 is 0 Å². The molecule has 1 aliphatic rings. The van der Waals surface area contributed by atoms with Gasteiger partial charge in [0.15, 0.2) is 0 Å². The van der Waals surface area contributed by atoms with Gasteiger partial charge < -0.3 is 10.1 Å². The fourth-order valence-corrected chi connectivity index (χ4v) is 2.34. The first-order valence-electron chi connectivity index (χ1n) is 6.47. The maximum Gasteiger partial charge on any atom is 0.573 e. The van der Waals surface area contributed by atoms with Gasteiger partial charge in [-0.1, -0.05) is 0 Å². The summed E-state index contributed by atoms with van der Waals surface area (Å²) in [7, 11) is 0. The Hall–Kier alpha value is -2.31. The van der Waals surface area contributed by atoms with Crippen LogP contribution < -0.4 is 10.1 Å². The van der Waals surface area contributed by atoms with E-state index >= 15 is 0 Å². The van der Waals surface area contributed by atoms with Crippen molar-refractivity contribution in [3.8, 4) is 5.75 Å². The van der Waals surface area contributed by atoms with E-state index in [1.54, 1.807) is 0 Å². The van der Waals surface area contributed by atoms with Gasteiger partial charge in [-0.3, -0.25) is 0 Å². The van der Waals surface area contributed by atoms with E-state index in [-0.39, 0.29) is 5.75 Å². The van der Waals surface area contributed by atoms with E-state index in [1.807, 2.05) is 0 Å². The third kappa shape index (κ3) is 3.24. The van der Waals surface area contributed by atoms with Crippen LogP contribution in [-0.4, -0.2) is 16.3 Å². The molecule has 1 aliphatic carbocycles. The number of hydrogen-bond acceptors (Lipinski definition) is 4. The summed E-state index contributed by atoms with van der Waals surface area (Å²) in [4.78, 5) is 8.41. The van der Waals surface area contributed by atoms with Crippen molar-refractivity contribution in [3.63, 3.8) is 0 Å². The molecule has 0 spiro atoms. The van der Waals surface area contributed by atoms with Gasteiger partial charge in [0.25, 0.3) is 0 Å². The minimum atomic E-state index is -4.68. The van der Waals surface area contributed by atoms with Gasteiger partial charge in [0.05, 0.1) is 0 Å². The highest BCUT2D eigenvalue weighted by Gasteiger charge is 2.30. The van der Waals surface area contributed by atoms with E-state index in [2.05, 4.69) is 20.0 Å². The number of fused-ring (bicyclic) bond motifs is 1. The Labute approximate surface area is 119 Å². The predicted molar refractivity (Wildman–Crippen MR) is 70.5 cm³/mol. The summed E-state index contributed by atoms with van der Waals surface area (Å²) in [6, 6.07) is 5.56. The Balaban J connectivity index is 1.76. The van der Waals surface area contributed by atoms with Crippen molar-refractivity contribution >= 4 is 11.5 Å². The van der Waals surface area contributed by atoms with Gasteiger partial charge in [-0.2, -0.15) is 0 Å². The Kier molecular flexibility index (Phi) is 3.40. The average Bonchev–Trinajstić information content (AvgIpc) is 2.89. The monoisotopic (exact) mass is 295 g/mol. The van der Waals surface area contributed by atoms with Crippen molar-refractivity contribution < 1.29 is 17.9 Å². The third-order valence-corrected chi connectivity index (χ3v) is 3.23. The number of aromatic nitrogens is 2. The Morgan fingerprint density at radius 3 is 2.52 bits per heavy atom. The number of aryl methyl sites for hydroxylation is 1. The quantitative estimate of drug-likeness (QED) is 0.939. The van der Waals surface area contributed by atoms with Crippen LogP contribution in [0, 0.1) is 0 Å². The van der Waals surface area contributed by atoms with Gasteiger partial charge in [-0.25, -0.2) is 9.97 Å². The number of benzene rings is 1. The van der Waals surface area contributed by atoms with Crippen LogP contribution in [0.5, 0.6) is 5.75 Å². The van der Waals surface area contributed by atoms with Gasteiger partial charge >= 0.3 is 6.36 Å². The average molecular weight is 295 g/mol. The molecule has 2 aromatic rings. The Morgan fingerprint density at radius 1 is 1.05 bits per heavy atom. The minimum Gasteiger partial charge on any atom is -0.406 e. The summed E-state index contributed by atoms with van der Waals surface area (Å²) < 4.78 is 40.1. The molecule has 0 radical (unpaired) electrons. The number of ether oxygens (including phenoxy) is 1. The second-order valence-electron chi connectivity index (χ2n) is 4.70. The molecule has 0 fully saturated rings. The molecule has 3 rings (SSSR count). The molecule has 7 heteroatoms. The summed E-state index contributed by atoms with van der Waals surface area (Å²) in [5, 5.41) is 3.11. The molecule has 21 heavy (non-hydrogen) atoms. The number of nitrogens with one attached hydrogen (secondary N) is 1. The molecule has 1 N–H and O–H groups in total. The molecule has 0 bridgehead atoms. The number of halogens is 3. The second-order valence-corrected chi connectivity index (χ2v) is 4.70. The molecular weight excluding hydrogens is 283 g/mol. The summed E-state index contributed by atoms with van der Waals surface area (Å²) in [5.74, 6) is 0.461. The van der Waals surface area contributed by atoms with Gasteiger partial charge in [0.2, 0.25) is 0 Å². The lowest BCUT2D eigenvalue weighted by Gasteiger charge is -2.11. The highest BCUT2D eigenvalue weighted by molar-refractivity contribution is 5.61. The van der Waals surface area contributed by atoms with Crippen LogP contribution in [0.3, 0.4) is 0 Å². The van der Waals surface area contributed by atoms with E-state index in [0.717, 1.165) is 30.5 Å². The van der Waals surface area contributed by atoms with Crippen LogP contribution in [0.2, 0.25) is 0 Å². The lowest BCUT2D eigenvalue weighted by Crippen LogP contribution is -2.17. The van der Waals surface area contributed by atoms with Crippen LogP contribution in [0.4, 0.5) is 24.7 Å². The van der Waals surface area contributed by atoms with Crippen molar-refractivity contribution in [3.05, 3.63) is 41.9 Å². The molecular formula is C14H12F3N3O. The van der Waals surface area contributed by atoms with Crippen molar-refractivity contribution in [2.75, 3.05) is 5.32 Å². The van der Waals surface area contributed by atoms with E-state index in [9.17, 15) is 13.2 Å². The summed E-state index contributed by atoms with van der Waals surface area (Å²) >= 11 is 0. The molecule has 0 amide bonds. The van der Waals surface area contributed by atoms with Crippen LogP contribution in [0.15, 0.2) is 30.6 Å². The minimum absolute atomic E-state index is 0.249. The fraction of sp³-hybridized carbons (Fsp3) is 0.286. The van der Waals surface area contributed by atoms with E-state index in [1.165, 1.54) is 30.6 Å². The predicted octanol–water partition coefficient (Wildman–Crippen LogP) is 3.61. The largest absolute Gasteiger partial charge is 0.573 e. The lowest BCUT2D eigenvalue weighted by atomic mass is 10.2. The van der Waals surface area contributed by atoms with Gasteiger partial charge in [-0.15, -0.1) is 13.2 Å². The molecule has 4 nitrogen and oxygen atoms in total. The highest BCUT2D eigenvalue weighted by Crippen LogP contribution is 2.29. The van der Waals surface area contributed by atoms with Crippen LogP contribution in [0.1, 0.15) is 17.7 Å². The normalized spacial score (nSPS) is 13.9. The molecule has 0 saturated carbocycles. The molecule has 1 aromatic heterocycles. The smallest absolute Gasteiger partial charge is 0.406 e. The number of alkyl halides is 3. The Morgan fingerprint density at radius 2 is 1.81 bits per heavy atom. The van der Waals surface area contributed by atoms with Gasteiger partial charge in [-0.05, 0) is 43.5 Å². The molecule has 110 valence electrons. The molecule has 0 atom stereocenters. The molecule has 0 aliphatic heterocycles. The zero-order valence-corrected chi connectivity index (χ0v) is 10.9. The highest BCUT2D eigenvalue weighted by atomic mass is 19.4. The Bertz CT molecular complexity index is 641. The van der Waals surface area contributed by atoms with Crippen LogP contribution in [0.25, 0.3) is 0 Å². The molecule has 0 saturated heterocycles.